The van der Waals surface area contributed by atoms with Gasteiger partial charge in [-0.1, -0.05) is 84.0 Å². The molecule has 0 spiro atoms. The topological polar surface area (TPSA) is 81.7 Å². The lowest BCUT2D eigenvalue weighted by Crippen LogP contribution is -2.15. The van der Waals surface area contributed by atoms with Gasteiger partial charge in [0.2, 0.25) is 0 Å². The fourth-order valence-corrected chi connectivity index (χ4v) is 3.70. The van der Waals surface area contributed by atoms with Crippen LogP contribution in [0.25, 0.3) is 0 Å². The van der Waals surface area contributed by atoms with E-state index in [-0.39, 0.29) is 5.97 Å². The summed E-state index contributed by atoms with van der Waals surface area (Å²) < 4.78 is 37.1. The monoisotopic (exact) mass is 534 g/mol. The minimum absolute atomic E-state index is 0.123. The van der Waals surface area contributed by atoms with Crippen molar-refractivity contribution in [2.24, 2.45) is 0 Å². The number of hydrogen-bond donors (Lipinski definition) is 0. The Morgan fingerprint density at radius 1 is 0.432 bits per heavy atom. The lowest BCUT2D eigenvalue weighted by atomic mass is 10.0. The summed E-state index contributed by atoms with van der Waals surface area (Å²) in [4.78, 5) is 11.8. The van der Waals surface area contributed by atoms with Crippen LogP contribution >= 0.6 is 0 Å². The first-order chi connectivity index (χ1) is 18.3. The van der Waals surface area contributed by atoms with E-state index in [1.807, 2.05) is 0 Å². The molecule has 0 heterocycles. The third-order valence-electron chi connectivity index (χ3n) is 5.90. The summed E-state index contributed by atoms with van der Waals surface area (Å²) in [5.74, 6) is -0.123. The van der Waals surface area contributed by atoms with Crippen molar-refractivity contribution in [1.29, 1.82) is 0 Å². The Kier molecular flexibility index (Phi) is 32.6. The number of unbranched alkanes of at least 4 members (excludes halogenated alkanes) is 12. The molecule has 0 amide bonds. The van der Waals surface area contributed by atoms with Gasteiger partial charge in [0.1, 0.15) is 6.61 Å². The molecule has 0 aliphatic carbocycles. The molecule has 0 fully saturated rings. The van der Waals surface area contributed by atoms with Gasteiger partial charge in [-0.05, 0) is 6.42 Å². The first-order valence-corrected chi connectivity index (χ1v) is 14.8. The minimum atomic E-state index is -0.123. The normalized spacial score (nSPS) is 11.3. The van der Waals surface area contributed by atoms with E-state index in [1.54, 1.807) is 7.11 Å². The number of rotatable bonds is 32. The predicted octanol–water partition coefficient (Wildman–Crippen LogP) is 5.74. The van der Waals surface area contributed by atoms with Crippen LogP contribution < -0.4 is 0 Å². The fraction of sp³-hybridized carbons (Fsp3) is 0.966. The van der Waals surface area contributed by atoms with Gasteiger partial charge in [0.05, 0.1) is 72.7 Å². The molecule has 8 nitrogen and oxygen atoms in total. The summed E-state index contributed by atoms with van der Waals surface area (Å²) in [6, 6.07) is 0. The van der Waals surface area contributed by atoms with Crippen molar-refractivity contribution in [3.05, 3.63) is 0 Å². The van der Waals surface area contributed by atoms with Gasteiger partial charge in [-0.3, -0.25) is 4.79 Å². The summed E-state index contributed by atoms with van der Waals surface area (Å²) in [6.07, 6.45) is 17.4. The van der Waals surface area contributed by atoms with Crippen LogP contribution in [0.4, 0.5) is 0 Å². The minimum Gasteiger partial charge on any atom is -0.463 e. The quantitative estimate of drug-likeness (QED) is 0.0798. The molecular formula is C29H58O8. The fourth-order valence-electron chi connectivity index (χ4n) is 3.70. The van der Waals surface area contributed by atoms with Crippen LogP contribution in [0, 0.1) is 0 Å². The van der Waals surface area contributed by atoms with Gasteiger partial charge >= 0.3 is 5.97 Å². The average Bonchev–Trinajstić information content (AvgIpc) is 2.90. The second-order valence-electron chi connectivity index (χ2n) is 9.27. The smallest absolute Gasteiger partial charge is 0.305 e. The van der Waals surface area contributed by atoms with E-state index in [4.69, 9.17) is 33.2 Å². The van der Waals surface area contributed by atoms with E-state index >= 15 is 0 Å². The highest BCUT2D eigenvalue weighted by Gasteiger charge is 2.03. The molecule has 0 saturated heterocycles. The molecule has 0 radical (unpaired) electrons. The Morgan fingerprint density at radius 3 is 1.14 bits per heavy atom. The second-order valence-corrected chi connectivity index (χ2v) is 9.27. The number of methoxy groups -OCH3 is 1. The Morgan fingerprint density at radius 2 is 0.757 bits per heavy atom. The Labute approximate surface area is 227 Å². The average molecular weight is 535 g/mol. The van der Waals surface area contributed by atoms with E-state index in [0.29, 0.717) is 85.7 Å². The summed E-state index contributed by atoms with van der Waals surface area (Å²) in [6.45, 7) is 8.33. The largest absolute Gasteiger partial charge is 0.463 e. The second kappa shape index (κ2) is 33.3. The van der Waals surface area contributed by atoms with Crippen molar-refractivity contribution in [1.82, 2.24) is 0 Å². The number of esters is 1. The highest BCUT2D eigenvalue weighted by atomic mass is 16.6. The highest BCUT2D eigenvalue weighted by molar-refractivity contribution is 5.69. The standard InChI is InChI=1S/C29H58O8/c1-3-4-5-6-7-8-9-10-11-12-13-14-15-16-29(30)37-28-27-36-26-25-35-24-23-34-22-21-33-20-19-32-18-17-31-2/h3-28H2,1-2H3. The zero-order valence-corrected chi connectivity index (χ0v) is 24.2. The maximum Gasteiger partial charge on any atom is 0.305 e. The SMILES string of the molecule is CCCCCCCCCCCCCCCC(=O)OCCOCCOCCOCCOCCOCCOC. The molecule has 0 aliphatic rings. The predicted molar refractivity (Wildman–Crippen MR) is 147 cm³/mol. The molecule has 0 rings (SSSR count). The van der Waals surface area contributed by atoms with Gasteiger partial charge in [-0.25, -0.2) is 0 Å². The van der Waals surface area contributed by atoms with E-state index in [9.17, 15) is 4.79 Å². The van der Waals surface area contributed by atoms with Crippen molar-refractivity contribution < 1.29 is 38.0 Å². The summed E-state index contributed by atoms with van der Waals surface area (Å²) in [7, 11) is 1.65. The van der Waals surface area contributed by atoms with E-state index in [0.717, 1.165) is 12.8 Å². The van der Waals surface area contributed by atoms with Gasteiger partial charge in [-0.15, -0.1) is 0 Å². The molecule has 0 aromatic heterocycles. The number of hydrogen-bond acceptors (Lipinski definition) is 8. The zero-order chi connectivity index (χ0) is 26.9. The van der Waals surface area contributed by atoms with Crippen LogP contribution in [0.2, 0.25) is 0 Å². The van der Waals surface area contributed by atoms with E-state index in [1.165, 1.54) is 70.6 Å². The first kappa shape index (κ1) is 36.2. The van der Waals surface area contributed by atoms with Crippen LogP contribution in [0.5, 0.6) is 0 Å². The van der Waals surface area contributed by atoms with Gasteiger partial charge in [-0.2, -0.15) is 0 Å². The molecule has 0 aliphatic heterocycles. The highest BCUT2D eigenvalue weighted by Crippen LogP contribution is 2.13. The molecule has 0 unspecified atom stereocenters. The van der Waals surface area contributed by atoms with Crippen molar-refractivity contribution in [2.45, 2.75) is 96.8 Å². The summed E-state index contributed by atoms with van der Waals surface area (Å²) in [5.41, 5.74) is 0. The van der Waals surface area contributed by atoms with Crippen molar-refractivity contribution in [3.8, 4) is 0 Å². The van der Waals surface area contributed by atoms with Crippen molar-refractivity contribution >= 4 is 5.97 Å². The molecule has 8 heteroatoms. The molecule has 0 N–H and O–H groups in total. The number of ether oxygens (including phenoxy) is 7. The van der Waals surface area contributed by atoms with Crippen molar-refractivity contribution in [2.75, 3.05) is 86.4 Å². The molecule has 0 aromatic carbocycles. The number of carbonyl (C=O) groups excluding carboxylic acids is 1. The van der Waals surface area contributed by atoms with Crippen molar-refractivity contribution in [3.63, 3.8) is 0 Å². The lowest BCUT2D eigenvalue weighted by molar-refractivity contribution is -0.145. The Balaban J connectivity index is 3.13. The molecule has 0 atom stereocenters. The maximum atomic E-state index is 11.8. The summed E-state index contributed by atoms with van der Waals surface area (Å²) >= 11 is 0. The zero-order valence-electron chi connectivity index (χ0n) is 24.2. The molecule has 222 valence electrons. The maximum absolute atomic E-state index is 11.8. The van der Waals surface area contributed by atoms with Gasteiger partial charge in [0, 0.05) is 13.5 Å². The van der Waals surface area contributed by atoms with Crippen LogP contribution in [-0.2, 0) is 38.0 Å². The van der Waals surface area contributed by atoms with Gasteiger partial charge < -0.3 is 33.2 Å². The van der Waals surface area contributed by atoms with E-state index < -0.39 is 0 Å². The van der Waals surface area contributed by atoms with Crippen LogP contribution in [0.3, 0.4) is 0 Å². The van der Waals surface area contributed by atoms with Crippen LogP contribution in [-0.4, -0.2) is 92.4 Å². The lowest BCUT2D eigenvalue weighted by Gasteiger charge is -2.08. The molecule has 0 bridgehead atoms. The first-order valence-electron chi connectivity index (χ1n) is 14.8. The third-order valence-corrected chi connectivity index (χ3v) is 5.90. The molecule has 0 saturated carbocycles. The molecular weight excluding hydrogens is 476 g/mol. The summed E-state index contributed by atoms with van der Waals surface area (Å²) in [5, 5.41) is 0. The van der Waals surface area contributed by atoms with Crippen LogP contribution in [0.1, 0.15) is 96.8 Å². The molecule has 0 aromatic rings. The Hall–Kier alpha value is -0.770. The van der Waals surface area contributed by atoms with Gasteiger partial charge in [0.25, 0.3) is 0 Å². The van der Waals surface area contributed by atoms with Gasteiger partial charge in [0.15, 0.2) is 0 Å². The Bertz CT molecular complexity index is 436. The molecule has 37 heavy (non-hydrogen) atoms. The third kappa shape index (κ3) is 33.2. The van der Waals surface area contributed by atoms with E-state index in [2.05, 4.69) is 6.92 Å². The number of carbonyl (C=O) groups is 1. The van der Waals surface area contributed by atoms with Crippen LogP contribution in [0.15, 0.2) is 0 Å².